The van der Waals surface area contributed by atoms with Crippen molar-refractivity contribution in [3.63, 3.8) is 0 Å². The summed E-state index contributed by atoms with van der Waals surface area (Å²) in [6, 6.07) is 0. The molecule has 0 aromatic rings. The van der Waals surface area contributed by atoms with Crippen molar-refractivity contribution in [3.05, 3.63) is 146 Å². The Labute approximate surface area is 435 Å². The van der Waals surface area contributed by atoms with Gasteiger partial charge in [-0.25, -0.2) is 4.57 Å². The van der Waals surface area contributed by atoms with Crippen LogP contribution in [0.3, 0.4) is 0 Å². The molecule has 0 fully saturated rings. The standard InChI is InChI=1S/C60H93O11P/c1-4-7-10-13-16-19-22-25-27-28-30-32-34-37-40-43-46-49-58(62)67-53-57(71-60(64)51-48-45-42-39-36-33-29-26-23-20-17-14-11-8-5-2)55-69-72(65,66)68-54-56(52-61)70-59(63)50-47-44-41-38-35-31-24-21-18-15-12-9-6-3/h7-8,10-12,15-17,19-21,24-27,29-30,32,36-37,39-40,45,48,56-57,61H,4-6,9,13-14,18,22-23,28,31,33-35,38,41-44,46-47,49-55H2,1-3H3,(H,65,66)/b10-7-,11-8-,15-12-,19-16-,20-17-,24-21-,27-25-,29-26-,32-30-,39-36-,40-37-,48-45-. The molecule has 0 aromatic carbocycles. The van der Waals surface area contributed by atoms with Crippen molar-refractivity contribution in [1.82, 2.24) is 0 Å². The third-order valence-corrected chi connectivity index (χ3v) is 11.2. The van der Waals surface area contributed by atoms with Gasteiger partial charge in [-0.1, -0.05) is 192 Å². The van der Waals surface area contributed by atoms with E-state index < -0.39 is 64.4 Å². The fourth-order valence-corrected chi connectivity index (χ4v) is 7.05. The van der Waals surface area contributed by atoms with E-state index in [9.17, 15) is 28.9 Å². The number of phosphoric acid groups is 1. The number of unbranched alkanes of at least 4 members (excludes halogenated alkanes) is 7. The van der Waals surface area contributed by atoms with Crippen LogP contribution in [-0.4, -0.2) is 66.5 Å². The zero-order valence-electron chi connectivity index (χ0n) is 44.3. The molecule has 0 radical (unpaired) electrons. The summed E-state index contributed by atoms with van der Waals surface area (Å²) in [6.45, 7) is 4.11. The van der Waals surface area contributed by atoms with Crippen molar-refractivity contribution < 1.29 is 52.2 Å². The summed E-state index contributed by atoms with van der Waals surface area (Å²) in [5.41, 5.74) is 0. The first-order valence-corrected chi connectivity index (χ1v) is 28.2. The smallest absolute Gasteiger partial charge is 0.462 e. The summed E-state index contributed by atoms with van der Waals surface area (Å²) in [5.74, 6) is -1.73. The van der Waals surface area contributed by atoms with Gasteiger partial charge in [-0.2, -0.15) is 0 Å². The first-order chi connectivity index (χ1) is 35.2. The number of ether oxygens (including phenoxy) is 3. The van der Waals surface area contributed by atoms with E-state index in [1.165, 1.54) is 0 Å². The number of phosphoric ester groups is 1. The molecule has 0 aromatic heterocycles. The summed E-state index contributed by atoms with van der Waals surface area (Å²) in [4.78, 5) is 48.3. The Morgan fingerprint density at radius 1 is 0.417 bits per heavy atom. The molecule has 0 saturated heterocycles. The number of rotatable bonds is 47. The molecule has 0 aliphatic heterocycles. The predicted molar refractivity (Wildman–Crippen MR) is 297 cm³/mol. The van der Waals surface area contributed by atoms with Crippen molar-refractivity contribution in [2.24, 2.45) is 0 Å². The van der Waals surface area contributed by atoms with Gasteiger partial charge < -0.3 is 24.2 Å². The molecule has 11 nitrogen and oxygen atoms in total. The third kappa shape index (κ3) is 50.3. The Morgan fingerprint density at radius 3 is 1.26 bits per heavy atom. The van der Waals surface area contributed by atoms with Crippen LogP contribution < -0.4 is 0 Å². The molecule has 0 aliphatic carbocycles. The van der Waals surface area contributed by atoms with Gasteiger partial charge >= 0.3 is 25.7 Å². The Morgan fingerprint density at radius 2 is 0.792 bits per heavy atom. The second-order valence-electron chi connectivity index (χ2n) is 16.9. The molecule has 3 atom stereocenters. The lowest BCUT2D eigenvalue weighted by atomic mass is 10.1. The fraction of sp³-hybridized carbons (Fsp3) is 0.550. The van der Waals surface area contributed by atoms with E-state index in [-0.39, 0.29) is 19.3 Å². The van der Waals surface area contributed by atoms with Gasteiger partial charge in [0.2, 0.25) is 0 Å². The summed E-state index contributed by atoms with van der Waals surface area (Å²) in [6.07, 6.45) is 67.1. The van der Waals surface area contributed by atoms with Crippen LogP contribution in [-0.2, 0) is 42.2 Å². The predicted octanol–water partition coefficient (Wildman–Crippen LogP) is 15.6. The Kier molecular flexibility index (Phi) is 49.3. The first-order valence-electron chi connectivity index (χ1n) is 26.7. The normalized spacial score (nSPS) is 14.6. The van der Waals surface area contributed by atoms with Crippen LogP contribution in [0, 0.1) is 0 Å². The zero-order valence-corrected chi connectivity index (χ0v) is 45.2. The second kappa shape index (κ2) is 52.7. The van der Waals surface area contributed by atoms with Crippen LogP contribution >= 0.6 is 7.82 Å². The second-order valence-corrected chi connectivity index (χ2v) is 18.4. The molecule has 0 amide bonds. The average Bonchev–Trinajstić information content (AvgIpc) is 3.37. The fourth-order valence-electron chi connectivity index (χ4n) is 6.27. The van der Waals surface area contributed by atoms with Gasteiger partial charge in [0.25, 0.3) is 0 Å². The number of hydrogen-bond acceptors (Lipinski definition) is 10. The van der Waals surface area contributed by atoms with Crippen molar-refractivity contribution in [2.45, 2.75) is 187 Å². The van der Waals surface area contributed by atoms with Gasteiger partial charge in [0.05, 0.1) is 26.2 Å². The maximum absolute atomic E-state index is 12.9. The SMILES string of the molecule is CC/C=C\C/C=C\C/C=C\C/C=C\C/C=C\CCCC(=O)OCC(COP(=O)(O)OCC(CO)OC(=O)CCCCCCC/C=C\C/C=C\CCC)OC(=O)C/C=C\C/C=C\C/C=C\C/C=C\C/C=C\CC. The monoisotopic (exact) mass is 1020 g/mol. The van der Waals surface area contributed by atoms with Crippen LogP contribution in [0.25, 0.3) is 0 Å². The summed E-state index contributed by atoms with van der Waals surface area (Å²) in [7, 11) is -4.79. The first kappa shape index (κ1) is 67.4. The van der Waals surface area contributed by atoms with Gasteiger partial charge in [0, 0.05) is 12.8 Å². The molecule has 3 unspecified atom stereocenters. The highest BCUT2D eigenvalue weighted by Crippen LogP contribution is 2.43. The molecular formula is C60H93O11P. The van der Waals surface area contributed by atoms with E-state index in [1.807, 2.05) is 30.4 Å². The number of hydrogen-bond donors (Lipinski definition) is 2. The molecule has 12 heteroatoms. The van der Waals surface area contributed by atoms with Crippen LogP contribution in [0.5, 0.6) is 0 Å². The molecule has 0 bridgehead atoms. The lowest BCUT2D eigenvalue weighted by Crippen LogP contribution is -2.30. The maximum atomic E-state index is 12.9. The molecule has 0 heterocycles. The summed E-state index contributed by atoms with van der Waals surface area (Å²) >= 11 is 0. The summed E-state index contributed by atoms with van der Waals surface area (Å²) < 4.78 is 39.2. The number of aliphatic hydroxyl groups is 1. The van der Waals surface area contributed by atoms with E-state index in [0.29, 0.717) is 25.7 Å². The molecule has 0 aliphatic rings. The quantitative estimate of drug-likeness (QED) is 0.0197. The molecule has 72 heavy (non-hydrogen) atoms. The maximum Gasteiger partial charge on any atom is 0.472 e. The van der Waals surface area contributed by atoms with Crippen molar-refractivity contribution in [1.29, 1.82) is 0 Å². The molecule has 2 N–H and O–H groups in total. The molecule has 0 saturated carbocycles. The van der Waals surface area contributed by atoms with E-state index in [2.05, 4.69) is 130 Å². The lowest BCUT2D eigenvalue weighted by Gasteiger charge is -2.21. The number of carbonyl (C=O) groups excluding carboxylic acids is 3. The minimum Gasteiger partial charge on any atom is -0.462 e. The van der Waals surface area contributed by atoms with Gasteiger partial charge in [-0.15, -0.1) is 0 Å². The van der Waals surface area contributed by atoms with E-state index in [0.717, 1.165) is 109 Å². The highest BCUT2D eigenvalue weighted by molar-refractivity contribution is 7.47. The van der Waals surface area contributed by atoms with Crippen molar-refractivity contribution in [3.8, 4) is 0 Å². The minimum atomic E-state index is -4.79. The van der Waals surface area contributed by atoms with Gasteiger partial charge in [-0.05, 0) is 109 Å². The molecule has 404 valence electrons. The Balaban J connectivity index is 4.97. The van der Waals surface area contributed by atoms with Gasteiger partial charge in [0.1, 0.15) is 12.7 Å². The third-order valence-electron chi connectivity index (χ3n) is 10.2. The van der Waals surface area contributed by atoms with E-state index >= 15 is 0 Å². The van der Waals surface area contributed by atoms with E-state index in [4.69, 9.17) is 23.3 Å². The topological polar surface area (TPSA) is 155 Å². The van der Waals surface area contributed by atoms with Crippen molar-refractivity contribution in [2.75, 3.05) is 26.4 Å². The van der Waals surface area contributed by atoms with Gasteiger partial charge in [0.15, 0.2) is 6.10 Å². The number of carbonyl (C=O) groups is 3. The van der Waals surface area contributed by atoms with Crippen LogP contribution in [0.4, 0.5) is 0 Å². The number of aliphatic hydroxyl groups excluding tert-OH is 1. The molecule has 0 spiro atoms. The largest absolute Gasteiger partial charge is 0.472 e. The van der Waals surface area contributed by atoms with Crippen LogP contribution in [0.15, 0.2) is 146 Å². The number of esters is 3. The van der Waals surface area contributed by atoms with Crippen molar-refractivity contribution >= 4 is 25.7 Å². The van der Waals surface area contributed by atoms with Crippen LogP contribution in [0.2, 0.25) is 0 Å². The zero-order chi connectivity index (χ0) is 52.7. The lowest BCUT2D eigenvalue weighted by molar-refractivity contribution is -0.160. The van der Waals surface area contributed by atoms with Crippen LogP contribution in [0.1, 0.15) is 175 Å². The highest BCUT2D eigenvalue weighted by atomic mass is 31.2. The summed E-state index contributed by atoms with van der Waals surface area (Å²) in [5, 5.41) is 9.78. The minimum absolute atomic E-state index is 0.0862. The average molecular weight is 1020 g/mol. The molecular weight excluding hydrogens is 928 g/mol. The van der Waals surface area contributed by atoms with Gasteiger partial charge in [-0.3, -0.25) is 23.4 Å². The molecule has 0 rings (SSSR count). The highest BCUT2D eigenvalue weighted by Gasteiger charge is 2.28. The Bertz CT molecular complexity index is 1760. The number of allylic oxidation sites excluding steroid dienone is 23. The van der Waals surface area contributed by atoms with E-state index in [1.54, 1.807) is 6.08 Å². The Hall–Kier alpha value is -4.64.